The Morgan fingerprint density at radius 1 is 1.06 bits per heavy atom. The predicted octanol–water partition coefficient (Wildman–Crippen LogP) is 7.06. The van der Waals surface area contributed by atoms with Gasteiger partial charge in [-0.25, -0.2) is 0 Å². The van der Waals surface area contributed by atoms with Gasteiger partial charge in [-0.2, -0.15) is 0 Å². The number of ether oxygens (including phenoxy) is 2. The van der Waals surface area contributed by atoms with Crippen molar-refractivity contribution in [2.24, 2.45) is 0 Å². The monoisotopic (exact) mass is 602 g/mol. The van der Waals surface area contributed by atoms with Crippen molar-refractivity contribution in [2.45, 2.75) is 118 Å². The number of unbranched alkanes of at least 4 members (excludes halogenated alkanes) is 3. The number of likely N-dealkylation sites (tertiary alicyclic amines) is 1. The third-order valence-corrected chi connectivity index (χ3v) is 26.1. The van der Waals surface area contributed by atoms with Crippen LogP contribution in [-0.2, 0) is 9.47 Å². The fraction of sp³-hybridized carbons (Fsp3) is 0.808. The Morgan fingerprint density at radius 3 is 2.09 bits per heavy atom. The molecule has 194 valence electrons. The fourth-order valence-electron chi connectivity index (χ4n) is 4.90. The van der Waals surface area contributed by atoms with Crippen LogP contribution in [0.4, 0.5) is 4.79 Å². The number of hydrogen-bond acceptors (Lipinski definition) is 6. The quantitative estimate of drug-likeness (QED) is 0.190. The topological polar surface area (TPSA) is 68.7 Å². The number of hydrogen-bond donors (Lipinski definition) is 0. The predicted molar refractivity (Wildman–Crippen MR) is 143 cm³/mol. The number of amides is 1. The van der Waals surface area contributed by atoms with Gasteiger partial charge in [0.05, 0.1) is 0 Å². The molecule has 34 heavy (non-hydrogen) atoms. The number of methoxy groups -OCH3 is 1. The minimum atomic E-state index is -2.92. The molecule has 1 aliphatic rings. The van der Waals surface area contributed by atoms with Crippen LogP contribution in [0, 0.1) is 0 Å². The summed E-state index contributed by atoms with van der Waals surface area (Å²) >= 11 is -1.19. The number of aromatic nitrogens is 1. The van der Waals surface area contributed by atoms with Gasteiger partial charge in [0, 0.05) is 0 Å². The summed E-state index contributed by atoms with van der Waals surface area (Å²) in [5, 5.41) is 0.893. The van der Waals surface area contributed by atoms with Crippen LogP contribution in [0.5, 0.6) is 0 Å². The van der Waals surface area contributed by atoms with Crippen LogP contribution in [0.3, 0.4) is 0 Å². The van der Waals surface area contributed by atoms with Crippen LogP contribution in [0.15, 0.2) is 0 Å². The zero-order valence-electron chi connectivity index (χ0n) is 22.5. The molecule has 1 aromatic rings. The van der Waals surface area contributed by atoms with Crippen molar-refractivity contribution in [3.8, 4) is 0 Å². The first-order valence-electron chi connectivity index (χ1n) is 13.2. The van der Waals surface area contributed by atoms with Crippen molar-refractivity contribution in [3.05, 3.63) is 10.7 Å². The molecule has 1 aromatic heterocycles. The zero-order chi connectivity index (χ0) is 25.4. The molecule has 0 aliphatic carbocycles. The van der Waals surface area contributed by atoms with Gasteiger partial charge in [0.25, 0.3) is 0 Å². The Kier molecular flexibility index (Phi) is 11.6. The Bertz CT molecular complexity index is 783. The first-order chi connectivity index (χ1) is 16.1. The Morgan fingerprint density at radius 2 is 1.62 bits per heavy atom. The summed E-state index contributed by atoms with van der Waals surface area (Å²) in [6.45, 7) is 13.1. The second-order valence-corrected chi connectivity index (χ2v) is 25.7. The van der Waals surface area contributed by atoms with E-state index in [2.05, 4.69) is 20.8 Å². The van der Waals surface area contributed by atoms with Crippen molar-refractivity contribution >= 4 is 44.7 Å². The maximum absolute atomic E-state index is 13.0. The van der Waals surface area contributed by atoms with Gasteiger partial charge in [0.2, 0.25) is 0 Å². The number of carbonyl (C=O) groups is 2. The molecule has 2 heterocycles. The molecule has 6 nitrogen and oxygen atoms in total. The molecule has 1 aliphatic heterocycles. The third-order valence-electron chi connectivity index (χ3n) is 6.70. The number of esters is 1. The first-order valence-corrected chi connectivity index (χ1v) is 21.5. The number of nitrogens with zero attached hydrogens (tertiary/aromatic N) is 2. The number of thiazole rings is 1. The first kappa shape index (κ1) is 29.4. The van der Waals surface area contributed by atoms with Gasteiger partial charge in [-0.15, -0.1) is 0 Å². The van der Waals surface area contributed by atoms with Gasteiger partial charge in [0.15, 0.2) is 0 Å². The second kappa shape index (κ2) is 13.5. The van der Waals surface area contributed by atoms with E-state index in [1.54, 1.807) is 11.3 Å². The molecular formula is C26H46N2O4SSn. The summed E-state index contributed by atoms with van der Waals surface area (Å²) in [4.78, 5) is 32.7. The molecule has 0 N–H and O–H groups in total. The van der Waals surface area contributed by atoms with E-state index in [0.717, 1.165) is 17.8 Å². The standard InChI is InChI=1S/C14H19N2O4S.3C4H9.Sn/c1-14(2,3)20-13(18)16-7-5-6-10(16)11-15-9(8-21-11)12(17)19-4;3*1-3-4-2;/h10H,5-7H2,1-4H3;3*1,3-4H2,2H3;/t10-;;;;/m0..../s1. The number of rotatable bonds is 12. The van der Waals surface area contributed by atoms with Gasteiger partial charge in [-0.1, -0.05) is 0 Å². The van der Waals surface area contributed by atoms with Gasteiger partial charge in [-0.3, -0.25) is 0 Å². The molecular weight excluding hydrogens is 555 g/mol. The van der Waals surface area contributed by atoms with Crippen LogP contribution in [-0.4, -0.2) is 59.6 Å². The van der Waals surface area contributed by atoms with Gasteiger partial charge >= 0.3 is 216 Å². The van der Waals surface area contributed by atoms with E-state index in [-0.39, 0.29) is 18.1 Å². The number of carbonyl (C=O) groups excluding carboxylic acids is 2. The molecule has 0 aromatic carbocycles. The average Bonchev–Trinajstić information content (AvgIpc) is 3.45. The Labute approximate surface area is 215 Å². The minimum absolute atomic E-state index is 0.121. The van der Waals surface area contributed by atoms with Crippen LogP contribution in [0.1, 0.15) is 114 Å². The van der Waals surface area contributed by atoms with Crippen molar-refractivity contribution < 1.29 is 19.1 Å². The molecule has 1 saturated heterocycles. The van der Waals surface area contributed by atoms with Crippen molar-refractivity contribution in [3.63, 3.8) is 0 Å². The third kappa shape index (κ3) is 7.58. The Balaban J connectivity index is 2.54. The van der Waals surface area contributed by atoms with E-state index in [9.17, 15) is 9.59 Å². The van der Waals surface area contributed by atoms with Crippen molar-refractivity contribution in [1.82, 2.24) is 9.88 Å². The van der Waals surface area contributed by atoms with E-state index < -0.39 is 24.0 Å². The molecule has 2 rings (SSSR count). The molecule has 1 amide bonds. The maximum atomic E-state index is 13.0. The molecule has 8 heteroatoms. The van der Waals surface area contributed by atoms with Crippen LogP contribution >= 0.6 is 11.3 Å². The molecule has 0 unspecified atom stereocenters. The fourth-order valence-corrected chi connectivity index (χ4v) is 25.7. The van der Waals surface area contributed by atoms with E-state index in [1.807, 2.05) is 25.7 Å². The van der Waals surface area contributed by atoms with E-state index in [1.165, 1.54) is 61.8 Å². The van der Waals surface area contributed by atoms with Crippen LogP contribution in [0.2, 0.25) is 13.3 Å². The SMILES string of the molecule is CCC[CH2][Sn]([CH2]CCC)([CH2]CCC)[c]1sc([C@@H]2CCCN2C(=O)OC(C)(C)C)nc1C(=O)OC. The van der Waals surface area contributed by atoms with Gasteiger partial charge in [0.1, 0.15) is 0 Å². The molecule has 0 bridgehead atoms. The summed E-state index contributed by atoms with van der Waals surface area (Å²) in [5.74, 6) is -0.315. The van der Waals surface area contributed by atoms with Crippen LogP contribution in [0.25, 0.3) is 0 Å². The molecule has 0 saturated carbocycles. The Hall–Kier alpha value is -0.831. The molecule has 0 spiro atoms. The average molecular weight is 601 g/mol. The molecule has 1 atom stereocenters. The van der Waals surface area contributed by atoms with Gasteiger partial charge in [-0.05, 0) is 0 Å². The zero-order valence-corrected chi connectivity index (χ0v) is 26.2. The van der Waals surface area contributed by atoms with Crippen LogP contribution < -0.4 is 2.89 Å². The second-order valence-electron chi connectivity index (χ2n) is 10.6. The summed E-state index contributed by atoms with van der Waals surface area (Å²) in [6, 6.07) is -0.121. The summed E-state index contributed by atoms with van der Waals surface area (Å²) in [6.07, 6.45) is 8.64. The molecule has 0 radical (unpaired) electrons. The van der Waals surface area contributed by atoms with E-state index in [4.69, 9.17) is 14.5 Å². The normalized spacial score (nSPS) is 16.7. The van der Waals surface area contributed by atoms with Gasteiger partial charge < -0.3 is 0 Å². The van der Waals surface area contributed by atoms with E-state index >= 15 is 0 Å². The van der Waals surface area contributed by atoms with E-state index in [0.29, 0.717) is 12.2 Å². The van der Waals surface area contributed by atoms with Crippen molar-refractivity contribution in [1.29, 1.82) is 0 Å². The summed E-state index contributed by atoms with van der Waals surface area (Å²) < 4.78 is 16.0. The summed E-state index contributed by atoms with van der Waals surface area (Å²) in [7, 11) is 1.45. The summed E-state index contributed by atoms with van der Waals surface area (Å²) in [5.41, 5.74) is 0.0132. The molecule has 1 fully saturated rings. The van der Waals surface area contributed by atoms with Crippen molar-refractivity contribution in [2.75, 3.05) is 13.7 Å².